The van der Waals surface area contributed by atoms with Gasteiger partial charge in [0.2, 0.25) is 5.76 Å². The third-order valence-electron chi connectivity index (χ3n) is 4.29. The van der Waals surface area contributed by atoms with E-state index in [-0.39, 0.29) is 17.8 Å². The van der Waals surface area contributed by atoms with Gasteiger partial charge in [-0.3, -0.25) is 9.69 Å². The number of benzene rings is 1. The van der Waals surface area contributed by atoms with Crippen molar-refractivity contribution in [1.29, 1.82) is 0 Å². The van der Waals surface area contributed by atoms with E-state index < -0.39 is 0 Å². The van der Waals surface area contributed by atoms with E-state index in [9.17, 15) is 4.79 Å². The Kier molecular flexibility index (Phi) is 5.61. The fourth-order valence-corrected chi connectivity index (χ4v) is 2.89. The summed E-state index contributed by atoms with van der Waals surface area (Å²) in [5.74, 6) is 0.000757. The van der Waals surface area contributed by atoms with E-state index in [0.29, 0.717) is 6.54 Å². The molecule has 1 saturated heterocycles. The van der Waals surface area contributed by atoms with Crippen LogP contribution in [0, 0.1) is 6.92 Å². The van der Waals surface area contributed by atoms with Crippen LogP contribution in [0.2, 0.25) is 0 Å². The normalized spacial score (nSPS) is 18.5. The molecule has 1 aliphatic heterocycles. The van der Waals surface area contributed by atoms with Crippen LogP contribution in [0.4, 0.5) is 0 Å². The van der Waals surface area contributed by atoms with Crippen LogP contribution in [0.15, 0.2) is 41.3 Å². The van der Waals surface area contributed by atoms with Gasteiger partial charge in [0.25, 0.3) is 5.91 Å². The van der Waals surface area contributed by atoms with Crippen molar-refractivity contribution in [2.75, 3.05) is 26.2 Å². The molecule has 1 amide bonds. The van der Waals surface area contributed by atoms with Gasteiger partial charge in [0.15, 0.2) is 6.39 Å². The van der Waals surface area contributed by atoms with Crippen molar-refractivity contribution in [2.45, 2.75) is 26.0 Å². The maximum atomic E-state index is 11.8. The first-order chi connectivity index (χ1) is 11.7. The second-order valence-electron chi connectivity index (χ2n) is 6.06. The first kappa shape index (κ1) is 16.7. The number of ether oxygens (including phenoxy) is 1. The number of nitrogens with zero attached hydrogens (tertiary/aromatic N) is 2. The molecule has 1 N–H and O–H groups in total. The summed E-state index contributed by atoms with van der Waals surface area (Å²) in [4.78, 5) is 17.9. The third-order valence-corrected chi connectivity index (χ3v) is 4.29. The zero-order valence-electron chi connectivity index (χ0n) is 13.9. The highest BCUT2D eigenvalue weighted by Crippen LogP contribution is 2.15. The first-order valence-corrected chi connectivity index (χ1v) is 8.27. The molecular weight excluding hydrogens is 306 g/mol. The Morgan fingerprint density at radius 1 is 1.42 bits per heavy atom. The number of amides is 1. The molecule has 2 heterocycles. The highest BCUT2D eigenvalue weighted by Gasteiger charge is 2.21. The average molecular weight is 329 g/mol. The lowest BCUT2D eigenvalue weighted by Crippen LogP contribution is -2.43. The Morgan fingerprint density at radius 3 is 3.08 bits per heavy atom. The second kappa shape index (κ2) is 8.08. The molecule has 1 aromatic carbocycles. The summed E-state index contributed by atoms with van der Waals surface area (Å²) in [5.41, 5.74) is 2.68. The van der Waals surface area contributed by atoms with E-state index in [2.05, 4.69) is 46.4 Å². The first-order valence-electron chi connectivity index (χ1n) is 8.27. The van der Waals surface area contributed by atoms with Crippen LogP contribution in [0.3, 0.4) is 0 Å². The molecule has 0 aliphatic carbocycles. The van der Waals surface area contributed by atoms with Gasteiger partial charge >= 0.3 is 0 Å². The number of aromatic nitrogens is 1. The Morgan fingerprint density at radius 2 is 2.29 bits per heavy atom. The number of oxazole rings is 1. The van der Waals surface area contributed by atoms with Gasteiger partial charge in [0.1, 0.15) is 0 Å². The number of hydrogen-bond donors (Lipinski definition) is 1. The minimum absolute atomic E-state index is 0.137. The largest absolute Gasteiger partial charge is 0.438 e. The van der Waals surface area contributed by atoms with Crippen LogP contribution in [0.1, 0.15) is 28.1 Å². The van der Waals surface area contributed by atoms with Crippen LogP contribution in [0.25, 0.3) is 0 Å². The average Bonchev–Trinajstić information content (AvgIpc) is 3.12. The van der Waals surface area contributed by atoms with Crippen molar-refractivity contribution in [1.82, 2.24) is 15.2 Å². The number of nitrogens with one attached hydrogen (secondary N) is 1. The lowest BCUT2D eigenvalue weighted by Gasteiger charge is -2.33. The highest BCUT2D eigenvalue weighted by molar-refractivity contribution is 5.90. The van der Waals surface area contributed by atoms with Crippen molar-refractivity contribution >= 4 is 5.91 Å². The zero-order valence-corrected chi connectivity index (χ0v) is 13.9. The fraction of sp³-hybridized carbons (Fsp3) is 0.444. The molecule has 6 nitrogen and oxygen atoms in total. The van der Waals surface area contributed by atoms with Gasteiger partial charge in [-0.05, 0) is 24.5 Å². The molecule has 0 bridgehead atoms. The van der Waals surface area contributed by atoms with Gasteiger partial charge in [-0.2, -0.15) is 0 Å². The monoisotopic (exact) mass is 329 g/mol. The van der Waals surface area contributed by atoms with Gasteiger partial charge in [-0.1, -0.05) is 24.3 Å². The van der Waals surface area contributed by atoms with E-state index in [1.54, 1.807) is 0 Å². The Balaban J connectivity index is 1.44. The van der Waals surface area contributed by atoms with Crippen LogP contribution >= 0.6 is 0 Å². The summed E-state index contributed by atoms with van der Waals surface area (Å²) in [6, 6.07) is 8.47. The van der Waals surface area contributed by atoms with E-state index in [1.165, 1.54) is 23.7 Å². The minimum atomic E-state index is -0.236. The van der Waals surface area contributed by atoms with Crippen molar-refractivity contribution in [3.05, 3.63) is 53.7 Å². The van der Waals surface area contributed by atoms with E-state index in [4.69, 9.17) is 9.15 Å². The van der Waals surface area contributed by atoms with E-state index >= 15 is 0 Å². The van der Waals surface area contributed by atoms with Crippen LogP contribution in [0.5, 0.6) is 0 Å². The molecule has 1 aromatic heterocycles. The Labute approximate surface area is 141 Å². The Hall–Kier alpha value is -2.18. The Bertz CT molecular complexity index is 657. The number of aryl methyl sites for hydroxylation is 1. The molecule has 0 radical (unpaired) electrons. The van der Waals surface area contributed by atoms with Crippen molar-refractivity contribution in [3.63, 3.8) is 0 Å². The summed E-state index contributed by atoms with van der Waals surface area (Å²) in [5, 5.41) is 2.83. The number of hydrogen-bond acceptors (Lipinski definition) is 5. The molecule has 128 valence electrons. The van der Waals surface area contributed by atoms with E-state index in [0.717, 1.165) is 32.7 Å². The maximum Gasteiger partial charge on any atom is 0.288 e. The quantitative estimate of drug-likeness (QED) is 0.878. The second-order valence-corrected chi connectivity index (χ2v) is 6.06. The molecule has 6 heteroatoms. The molecule has 2 aromatic rings. The van der Waals surface area contributed by atoms with Gasteiger partial charge in [-0.25, -0.2) is 4.98 Å². The summed E-state index contributed by atoms with van der Waals surface area (Å²) < 4.78 is 10.8. The summed E-state index contributed by atoms with van der Waals surface area (Å²) in [6.07, 6.45) is 3.58. The van der Waals surface area contributed by atoms with Gasteiger partial charge in [0.05, 0.1) is 18.9 Å². The topological polar surface area (TPSA) is 67.6 Å². The van der Waals surface area contributed by atoms with Crippen molar-refractivity contribution in [3.8, 4) is 0 Å². The molecule has 1 atom stereocenters. The van der Waals surface area contributed by atoms with Crippen LogP contribution in [-0.4, -0.2) is 48.1 Å². The van der Waals surface area contributed by atoms with Crippen molar-refractivity contribution in [2.24, 2.45) is 0 Å². The molecule has 1 fully saturated rings. The maximum absolute atomic E-state index is 11.8. The standard InChI is InChI=1S/C18H23N3O3/c1-14-4-2-3-5-15(14)11-21-8-9-23-16(12-21)6-7-20-18(22)17-10-19-13-24-17/h2-5,10,13,16H,6-9,11-12H2,1H3,(H,20,22). The molecule has 0 spiro atoms. The molecule has 0 saturated carbocycles. The number of morpholine rings is 1. The van der Waals surface area contributed by atoms with Crippen LogP contribution in [-0.2, 0) is 11.3 Å². The highest BCUT2D eigenvalue weighted by atomic mass is 16.5. The predicted octanol–water partition coefficient (Wildman–Crippen LogP) is 2.00. The lowest BCUT2D eigenvalue weighted by atomic mass is 10.1. The molecule has 24 heavy (non-hydrogen) atoms. The molecular formula is C18H23N3O3. The summed E-state index contributed by atoms with van der Waals surface area (Å²) >= 11 is 0. The SMILES string of the molecule is Cc1ccccc1CN1CCOC(CCNC(=O)c2cnco2)C1. The number of carbonyl (C=O) groups is 1. The fourth-order valence-electron chi connectivity index (χ4n) is 2.89. The summed E-state index contributed by atoms with van der Waals surface area (Å²) in [7, 11) is 0. The smallest absolute Gasteiger partial charge is 0.288 e. The lowest BCUT2D eigenvalue weighted by molar-refractivity contribution is -0.0342. The van der Waals surface area contributed by atoms with Crippen LogP contribution < -0.4 is 5.32 Å². The van der Waals surface area contributed by atoms with Gasteiger partial charge in [-0.15, -0.1) is 0 Å². The number of carbonyl (C=O) groups excluding carboxylic acids is 1. The molecule has 3 rings (SSSR count). The van der Waals surface area contributed by atoms with E-state index in [1.807, 2.05) is 0 Å². The van der Waals surface area contributed by atoms with Crippen molar-refractivity contribution < 1.29 is 13.9 Å². The minimum Gasteiger partial charge on any atom is -0.438 e. The molecule has 1 unspecified atom stereocenters. The number of rotatable bonds is 6. The van der Waals surface area contributed by atoms with Gasteiger partial charge < -0.3 is 14.5 Å². The van der Waals surface area contributed by atoms with Gasteiger partial charge in [0, 0.05) is 26.2 Å². The third kappa shape index (κ3) is 4.43. The molecule has 1 aliphatic rings. The summed E-state index contributed by atoms with van der Waals surface area (Å²) in [6.45, 7) is 6.19. The predicted molar refractivity (Wildman–Crippen MR) is 89.6 cm³/mol. The zero-order chi connectivity index (χ0) is 16.8.